The number of hydrogen-bond acceptors (Lipinski definition) is 7. The second-order valence-corrected chi connectivity index (χ2v) is 7.63. The van der Waals surface area contributed by atoms with Crippen LogP contribution in [0.1, 0.15) is 65.3 Å². The van der Waals surface area contributed by atoms with E-state index in [2.05, 4.69) is 17.0 Å². The van der Waals surface area contributed by atoms with Crippen LogP contribution in [0.25, 0.3) is 0 Å². The van der Waals surface area contributed by atoms with Crippen LogP contribution in [0.3, 0.4) is 0 Å². The Kier molecular flexibility index (Phi) is 11.3. The molecule has 0 atom stereocenters. The normalized spacial score (nSPS) is 10.3. The predicted molar refractivity (Wildman–Crippen MR) is 126 cm³/mol. The van der Waals surface area contributed by atoms with Crippen molar-refractivity contribution >= 4 is 23.6 Å². The number of ketones is 1. The van der Waals surface area contributed by atoms with Gasteiger partial charge in [-0.3, -0.25) is 14.4 Å². The van der Waals surface area contributed by atoms with Gasteiger partial charge in [0.05, 0.1) is 25.7 Å². The Balaban J connectivity index is 1.65. The van der Waals surface area contributed by atoms with Crippen LogP contribution in [0.15, 0.2) is 48.5 Å². The maximum Gasteiger partial charge on any atom is 0.337 e. The van der Waals surface area contributed by atoms with E-state index < -0.39 is 24.5 Å². The van der Waals surface area contributed by atoms with E-state index in [1.54, 1.807) is 48.5 Å². The summed E-state index contributed by atoms with van der Waals surface area (Å²) < 4.78 is 15.2. The smallest absolute Gasteiger partial charge is 0.337 e. The number of carbonyl (C=O) groups is 4. The van der Waals surface area contributed by atoms with E-state index in [0.717, 1.165) is 24.8 Å². The lowest BCUT2D eigenvalue weighted by atomic mass is 10.1. The number of nitrogens with one attached hydrogen (secondary N) is 1. The Morgan fingerprint density at radius 3 is 2.18 bits per heavy atom. The van der Waals surface area contributed by atoms with Crippen LogP contribution < -0.4 is 10.1 Å². The topological polar surface area (TPSA) is 108 Å². The lowest BCUT2D eigenvalue weighted by Crippen LogP contribution is -2.28. The Morgan fingerprint density at radius 2 is 1.53 bits per heavy atom. The van der Waals surface area contributed by atoms with Crippen molar-refractivity contribution in [1.82, 2.24) is 5.32 Å². The lowest BCUT2D eigenvalue weighted by molar-refractivity contribution is -0.148. The van der Waals surface area contributed by atoms with Crippen molar-refractivity contribution in [1.29, 1.82) is 0 Å². The number of carbonyl (C=O) groups excluding carboxylic acids is 4. The monoisotopic (exact) mass is 469 g/mol. The zero-order valence-corrected chi connectivity index (χ0v) is 19.6. The minimum absolute atomic E-state index is 0.0102. The molecule has 1 amide bonds. The number of unbranched alkanes of at least 4 members (excludes halogenated alkanes) is 2. The van der Waals surface area contributed by atoms with Crippen LogP contribution in [-0.2, 0) is 25.6 Å². The summed E-state index contributed by atoms with van der Waals surface area (Å²) >= 11 is 0. The molecule has 0 bridgehead atoms. The lowest BCUT2D eigenvalue weighted by Gasteiger charge is -2.08. The SMILES string of the molecule is CCCCCOc1ccc(C(=O)CCC(=O)OCC(=O)NCc2ccc(C(=O)OC)cc2)cc1. The number of hydrogen-bond donors (Lipinski definition) is 1. The summed E-state index contributed by atoms with van der Waals surface area (Å²) in [7, 11) is 1.30. The first-order chi connectivity index (χ1) is 16.4. The van der Waals surface area contributed by atoms with Crippen LogP contribution in [0.5, 0.6) is 5.75 Å². The fraction of sp³-hybridized carbons (Fsp3) is 0.385. The van der Waals surface area contributed by atoms with E-state index >= 15 is 0 Å². The molecule has 0 unspecified atom stereocenters. The van der Waals surface area contributed by atoms with Crippen molar-refractivity contribution < 1.29 is 33.4 Å². The molecule has 0 saturated heterocycles. The molecule has 2 aromatic rings. The Morgan fingerprint density at radius 1 is 0.853 bits per heavy atom. The van der Waals surface area contributed by atoms with Gasteiger partial charge in [-0.25, -0.2) is 4.79 Å². The van der Waals surface area contributed by atoms with E-state index in [-0.39, 0.29) is 25.2 Å². The van der Waals surface area contributed by atoms with Gasteiger partial charge in [0, 0.05) is 18.5 Å². The molecule has 2 rings (SSSR count). The summed E-state index contributed by atoms with van der Waals surface area (Å²) in [6.45, 7) is 2.55. The van der Waals surface area contributed by atoms with Gasteiger partial charge in [-0.15, -0.1) is 0 Å². The number of rotatable bonds is 14. The molecule has 182 valence electrons. The van der Waals surface area contributed by atoms with Crippen LogP contribution in [0.4, 0.5) is 0 Å². The highest BCUT2D eigenvalue weighted by atomic mass is 16.5. The molecule has 2 aromatic carbocycles. The highest BCUT2D eigenvalue weighted by molar-refractivity contribution is 5.97. The van der Waals surface area contributed by atoms with Crippen LogP contribution in [0, 0.1) is 0 Å². The van der Waals surface area contributed by atoms with Crippen molar-refractivity contribution in [2.24, 2.45) is 0 Å². The summed E-state index contributed by atoms with van der Waals surface area (Å²) in [5, 5.41) is 2.62. The Labute approximate surface area is 199 Å². The summed E-state index contributed by atoms with van der Waals surface area (Å²) in [6, 6.07) is 13.4. The van der Waals surface area contributed by atoms with Gasteiger partial charge in [-0.1, -0.05) is 31.9 Å². The summed E-state index contributed by atoms with van der Waals surface area (Å²) in [4.78, 5) is 47.5. The number of benzene rings is 2. The van der Waals surface area contributed by atoms with Crippen molar-refractivity contribution in [2.45, 2.75) is 45.6 Å². The molecule has 8 heteroatoms. The zero-order chi connectivity index (χ0) is 24.8. The average molecular weight is 470 g/mol. The van der Waals surface area contributed by atoms with Gasteiger partial charge in [0.15, 0.2) is 12.4 Å². The molecule has 1 N–H and O–H groups in total. The van der Waals surface area contributed by atoms with Crippen molar-refractivity contribution in [2.75, 3.05) is 20.3 Å². The third-order valence-corrected chi connectivity index (χ3v) is 4.98. The zero-order valence-electron chi connectivity index (χ0n) is 19.6. The van der Waals surface area contributed by atoms with Gasteiger partial charge in [-0.05, 0) is 48.4 Å². The summed E-state index contributed by atoms with van der Waals surface area (Å²) in [6.07, 6.45) is 3.10. The highest BCUT2D eigenvalue weighted by Crippen LogP contribution is 2.15. The highest BCUT2D eigenvalue weighted by Gasteiger charge is 2.12. The first-order valence-corrected chi connectivity index (χ1v) is 11.3. The van der Waals surface area contributed by atoms with Gasteiger partial charge in [0.25, 0.3) is 5.91 Å². The number of ether oxygens (including phenoxy) is 3. The fourth-order valence-electron chi connectivity index (χ4n) is 2.99. The molecule has 0 fully saturated rings. The summed E-state index contributed by atoms with van der Waals surface area (Å²) in [5.41, 5.74) is 1.67. The maximum absolute atomic E-state index is 12.3. The van der Waals surface area contributed by atoms with Gasteiger partial charge in [-0.2, -0.15) is 0 Å². The Bertz CT molecular complexity index is 952. The van der Waals surface area contributed by atoms with Gasteiger partial charge in [0.2, 0.25) is 0 Å². The molecule has 0 heterocycles. The second-order valence-electron chi connectivity index (χ2n) is 7.63. The van der Waals surface area contributed by atoms with Crippen LogP contribution >= 0.6 is 0 Å². The molecular formula is C26H31NO7. The first-order valence-electron chi connectivity index (χ1n) is 11.3. The summed E-state index contributed by atoms with van der Waals surface area (Å²) in [5.74, 6) is -1.01. The molecular weight excluding hydrogens is 438 g/mol. The minimum atomic E-state index is -0.623. The predicted octanol–water partition coefficient (Wildman–Crippen LogP) is 3.86. The molecule has 0 radical (unpaired) electrons. The first kappa shape index (κ1) is 26.6. The molecule has 34 heavy (non-hydrogen) atoms. The molecule has 0 aliphatic carbocycles. The number of esters is 2. The van der Waals surface area contributed by atoms with E-state index in [9.17, 15) is 19.2 Å². The molecule has 0 spiro atoms. The van der Waals surface area contributed by atoms with Gasteiger partial charge >= 0.3 is 11.9 Å². The molecule has 8 nitrogen and oxygen atoms in total. The van der Waals surface area contributed by atoms with E-state index in [1.165, 1.54) is 7.11 Å². The van der Waals surface area contributed by atoms with Crippen molar-refractivity contribution in [3.63, 3.8) is 0 Å². The third kappa shape index (κ3) is 9.44. The van der Waals surface area contributed by atoms with E-state index in [1.807, 2.05) is 0 Å². The quantitative estimate of drug-likeness (QED) is 0.254. The molecule has 0 saturated carbocycles. The average Bonchev–Trinajstić information content (AvgIpc) is 2.87. The van der Waals surface area contributed by atoms with E-state index in [4.69, 9.17) is 9.47 Å². The fourth-order valence-corrected chi connectivity index (χ4v) is 2.99. The van der Waals surface area contributed by atoms with Gasteiger partial charge in [0.1, 0.15) is 5.75 Å². The van der Waals surface area contributed by atoms with Crippen molar-refractivity contribution in [3.8, 4) is 5.75 Å². The number of methoxy groups -OCH3 is 1. The standard InChI is InChI=1S/C26H31NO7/c1-3-4-5-16-33-22-12-10-20(11-13-22)23(28)14-15-25(30)34-18-24(29)27-17-19-6-8-21(9-7-19)26(31)32-2/h6-13H,3-5,14-18H2,1-2H3,(H,27,29). The van der Waals surface area contributed by atoms with Crippen LogP contribution in [0.2, 0.25) is 0 Å². The minimum Gasteiger partial charge on any atom is -0.494 e. The second kappa shape index (κ2) is 14.5. The molecule has 0 aromatic heterocycles. The molecule has 0 aliphatic rings. The largest absolute Gasteiger partial charge is 0.494 e. The molecule has 0 aliphatic heterocycles. The van der Waals surface area contributed by atoms with Crippen molar-refractivity contribution in [3.05, 3.63) is 65.2 Å². The number of Topliss-reactive ketones (excluding diaryl/α,β-unsaturated/α-hetero) is 1. The van der Waals surface area contributed by atoms with Crippen LogP contribution in [-0.4, -0.2) is 44.0 Å². The third-order valence-electron chi connectivity index (χ3n) is 4.98. The number of amides is 1. The Hall–Kier alpha value is -3.68. The maximum atomic E-state index is 12.3. The van der Waals surface area contributed by atoms with Gasteiger partial charge < -0.3 is 19.5 Å². The van der Waals surface area contributed by atoms with E-state index in [0.29, 0.717) is 23.5 Å².